The van der Waals surface area contributed by atoms with E-state index in [9.17, 15) is 0 Å². The van der Waals surface area contributed by atoms with Crippen LogP contribution < -0.4 is 5.32 Å². The molecule has 0 fully saturated rings. The van der Waals surface area contributed by atoms with Gasteiger partial charge in [-0.15, -0.1) is 0 Å². The van der Waals surface area contributed by atoms with E-state index in [2.05, 4.69) is 60.2 Å². The molecule has 0 amide bonds. The number of allylic oxidation sites excluding steroid dienone is 5. The van der Waals surface area contributed by atoms with Crippen LogP contribution in [0.5, 0.6) is 0 Å². The average Bonchev–Trinajstić information content (AvgIpc) is 3.22. The Hall–Kier alpha value is -2.61. The van der Waals surface area contributed by atoms with Crippen LogP contribution in [0.3, 0.4) is 0 Å². The molecular formula is C24H26N2. The molecule has 1 heterocycles. The zero-order chi connectivity index (χ0) is 18.0. The zero-order valence-electron chi connectivity index (χ0n) is 15.5. The Morgan fingerprint density at radius 3 is 2.85 bits per heavy atom. The minimum Gasteiger partial charge on any atom is -0.379 e. The molecule has 0 radical (unpaired) electrons. The maximum atomic E-state index is 4.45. The Morgan fingerprint density at radius 1 is 1.15 bits per heavy atom. The van der Waals surface area contributed by atoms with Crippen molar-refractivity contribution >= 4 is 5.69 Å². The summed E-state index contributed by atoms with van der Waals surface area (Å²) in [6.07, 6.45) is 12.8. The highest BCUT2D eigenvalue weighted by Crippen LogP contribution is 2.55. The molecular weight excluding hydrogens is 316 g/mol. The zero-order valence-corrected chi connectivity index (χ0v) is 15.5. The fraction of sp³-hybridized carbons (Fsp3) is 0.292. The monoisotopic (exact) mass is 342 g/mol. The summed E-state index contributed by atoms with van der Waals surface area (Å²) in [6, 6.07) is 12.8. The van der Waals surface area contributed by atoms with Crippen molar-refractivity contribution in [1.82, 2.24) is 4.98 Å². The number of aromatic nitrogens is 1. The summed E-state index contributed by atoms with van der Waals surface area (Å²) in [5.41, 5.74) is 8.60. The molecule has 2 heteroatoms. The van der Waals surface area contributed by atoms with Gasteiger partial charge in [0.1, 0.15) is 0 Å². The molecule has 1 spiro atoms. The first kappa shape index (κ1) is 16.8. The van der Waals surface area contributed by atoms with Crippen LogP contribution >= 0.6 is 0 Å². The normalized spacial score (nSPS) is 21.6. The van der Waals surface area contributed by atoms with Gasteiger partial charge >= 0.3 is 0 Å². The highest BCUT2D eigenvalue weighted by atomic mass is 14.9. The molecule has 2 nitrogen and oxygen atoms in total. The first-order valence-corrected chi connectivity index (χ1v) is 9.50. The average molecular weight is 342 g/mol. The van der Waals surface area contributed by atoms with E-state index in [0.29, 0.717) is 0 Å². The lowest BCUT2D eigenvalue weighted by molar-refractivity contribution is 0.494. The van der Waals surface area contributed by atoms with Gasteiger partial charge in [0.25, 0.3) is 0 Å². The fourth-order valence-electron chi connectivity index (χ4n) is 4.73. The molecule has 0 unspecified atom stereocenters. The second-order valence-electron chi connectivity index (χ2n) is 7.34. The van der Waals surface area contributed by atoms with Crippen LogP contribution in [0.2, 0.25) is 0 Å². The summed E-state index contributed by atoms with van der Waals surface area (Å²) in [5, 5.41) is 3.67. The van der Waals surface area contributed by atoms with Crippen LogP contribution in [0.25, 0.3) is 0 Å². The quantitative estimate of drug-likeness (QED) is 0.702. The van der Waals surface area contributed by atoms with Gasteiger partial charge in [0, 0.05) is 17.3 Å². The van der Waals surface area contributed by atoms with E-state index in [1.54, 1.807) is 5.57 Å². The van der Waals surface area contributed by atoms with E-state index in [4.69, 9.17) is 0 Å². The largest absolute Gasteiger partial charge is 0.379 e. The molecule has 1 aromatic carbocycles. The van der Waals surface area contributed by atoms with Crippen molar-refractivity contribution in [3.63, 3.8) is 0 Å². The predicted molar refractivity (Wildman–Crippen MR) is 109 cm³/mol. The molecule has 2 aliphatic rings. The molecule has 132 valence electrons. The topological polar surface area (TPSA) is 24.9 Å². The Balaban J connectivity index is 1.69. The van der Waals surface area contributed by atoms with Crippen molar-refractivity contribution in [1.29, 1.82) is 0 Å². The highest BCUT2D eigenvalue weighted by Gasteiger charge is 2.45. The minimum atomic E-state index is 0.198. The summed E-state index contributed by atoms with van der Waals surface area (Å²) in [4.78, 5) is 4.45. The number of fused-ring (bicyclic) bond motifs is 2. The maximum Gasteiger partial charge on any atom is 0.0594 e. The lowest BCUT2D eigenvalue weighted by Gasteiger charge is -2.30. The second-order valence-corrected chi connectivity index (χ2v) is 7.34. The van der Waals surface area contributed by atoms with Crippen molar-refractivity contribution in [2.24, 2.45) is 0 Å². The first-order valence-electron chi connectivity index (χ1n) is 9.50. The number of aryl methyl sites for hydroxylation is 1. The third kappa shape index (κ3) is 2.80. The minimum absolute atomic E-state index is 0.198. The third-order valence-corrected chi connectivity index (χ3v) is 6.09. The number of benzene rings is 1. The van der Waals surface area contributed by atoms with E-state index in [1.807, 2.05) is 24.4 Å². The van der Waals surface area contributed by atoms with E-state index in [1.165, 1.54) is 41.6 Å². The van der Waals surface area contributed by atoms with Crippen LogP contribution in [0.1, 0.15) is 43.0 Å². The third-order valence-electron chi connectivity index (χ3n) is 6.09. The molecule has 2 aliphatic carbocycles. The Kier molecular flexibility index (Phi) is 4.50. The summed E-state index contributed by atoms with van der Waals surface area (Å²) in [5.74, 6) is 0. The van der Waals surface area contributed by atoms with Gasteiger partial charge in [0.05, 0.1) is 12.2 Å². The molecule has 1 aromatic heterocycles. The number of hydrogen-bond donors (Lipinski definition) is 1. The van der Waals surface area contributed by atoms with Crippen molar-refractivity contribution < 1.29 is 0 Å². The van der Waals surface area contributed by atoms with Gasteiger partial charge in [-0.05, 0) is 67.5 Å². The number of hydrogen-bond acceptors (Lipinski definition) is 2. The SMILES string of the molecule is C=C/C=C\C1=C(C)[C@@]2(CC1)CCc1cccc(NCc3ccccn3)c12. The van der Waals surface area contributed by atoms with E-state index >= 15 is 0 Å². The number of nitrogens with one attached hydrogen (secondary N) is 1. The summed E-state index contributed by atoms with van der Waals surface area (Å²) in [6.45, 7) is 6.91. The lowest BCUT2D eigenvalue weighted by Crippen LogP contribution is -2.23. The van der Waals surface area contributed by atoms with Crippen LogP contribution in [-0.2, 0) is 18.4 Å². The molecule has 1 atom stereocenters. The first-order chi connectivity index (χ1) is 12.7. The van der Waals surface area contributed by atoms with E-state index in [-0.39, 0.29) is 5.41 Å². The molecule has 0 saturated heterocycles. The number of rotatable bonds is 5. The standard InChI is InChI=1S/C24H26N2/c1-3-4-8-19-12-14-24(18(19)2)15-13-20-9-7-11-22(23(20)24)26-17-21-10-5-6-16-25-21/h3-11,16,26H,1,12-15,17H2,2H3/b8-4-/t24-/m1/s1. The van der Waals surface area contributed by atoms with Crippen LogP contribution in [0.15, 0.2) is 78.5 Å². The van der Waals surface area contributed by atoms with Gasteiger partial charge in [-0.2, -0.15) is 0 Å². The highest BCUT2D eigenvalue weighted by molar-refractivity contribution is 5.65. The summed E-state index contributed by atoms with van der Waals surface area (Å²) >= 11 is 0. The molecule has 4 rings (SSSR count). The molecule has 0 aliphatic heterocycles. The van der Waals surface area contributed by atoms with Gasteiger partial charge in [-0.3, -0.25) is 4.98 Å². The van der Waals surface area contributed by atoms with Gasteiger partial charge in [-0.25, -0.2) is 0 Å². The molecule has 1 N–H and O–H groups in total. The molecule has 2 aromatic rings. The van der Waals surface area contributed by atoms with Crippen molar-refractivity contribution in [3.8, 4) is 0 Å². The summed E-state index contributed by atoms with van der Waals surface area (Å²) < 4.78 is 0. The van der Waals surface area contributed by atoms with Crippen LogP contribution in [-0.4, -0.2) is 4.98 Å². The van der Waals surface area contributed by atoms with Crippen LogP contribution in [0, 0.1) is 0 Å². The van der Waals surface area contributed by atoms with Gasteiger partial charge < -0.3 is 5.32 Å². The van der Waals surface area contributed by atoms with Crippen molar-refractivity contribution in [3.05, 3.63) is 95.4 Å². The lowest BCUT2D eigenvalue weighted by atomic mass is 9.75. The second kappa shape index (κ2) is 6.95. The van der Waals surface area contributed by atoms with Crippen LogP contribution in [0.4, 0.5) is 5.69 Å². The van der Waals surface area contributed by atoms with Gasteiger partial charge in [0.15, 0.2) is 0 Å². The number of anilines is 1. The van der Waals surface area contributed by atoms with Crippen molar-refractivity contribution in [2.75, 3.05) is 5.32 Å². The van der Waals surface area contributed by atoms with E-state index < -0.39 is 0 Å². The predicted octanol–water partition coefficient (Wildman–Crippen LogP) is 5.73. The summed E-state index contributed by atoms with van der Waals surface area (Å²) in [7, 11) is 0. The Labute approximate surface area is 156 Å². The van der Waals surface area contributed by atoms with Crippen molar-refractivity contribution in [2.45, 2.75) is 44.6 Å². The Morgan fingerprint density at radius 2 is 2.04 bits per heavy atom. The maximum absolute atomic E-state index is 4.45. The smallest absolute Gasteiger partial charge is 0.0594 e. The molecule has 26 heavy (non-hydrogen) atoms. The van der Waals surface area contributed by atoms with Gasteiger partial charge in [-0.1, -0.05) is 48.6 Å². The number of pyridine rings is 1. The van der Waals surface area contributed by atoms with E-state index in [0.717, 1.165) is 18.7 Å². The van der Waals surface area contributed by atoms with Gasteiger partial charge in [0.2, 0.25) is 0 Å². The molecule has 0 bridgehead atoms. The fourth-order valence-corrected chi connectivity index (χ4v) is 4.73. The Bertz CT molecular complexity index is 876. The number of nitrogens with zero attached hydrogens (tertiary/aromatic N) is 1. The molecule has 0 saturated carbocycles.